The molecule has 0 saturated heterocycles. The summed E-state index contributed by atoms with van der Waals surface area (Å²) in [6.07, 6.45) is 1.16. The van der Waals surface area contributed by atoms with Gasteiger partial charge in [-0.3, -0.25) is 9.59 Å². The second-order valence-electron chi connectivity index (χ2n) is 6.74. The van der Waals surface area contributed by atoms with Crippen LogP contribution in [-0.4, -0.2) is 22.8 Å². The number of hydrogen-bond donors (Lipinski definition) is 2. The summed E-state index contributed by atoms with van der Waals surface area (Å²) in [6, 6.07) is 13.4. The Morgan fingerprint density at radius 1 is 1.07 bits per heavy atom. The minimum absolute atomic E-state index is 0.00817. The summed E-state index contributed by atoms with van der Waals surface area (Å²) in [4.78, 5) is 24.4. The fourth-order valence-electron chi connectivity index (χ4n) is 2.75. The number of amides is 2. The average molecular weight is 419 g/mol. The second-order valence-corrected chi connectivity index (χ2v) is 8.60. The molecule has 4 nitrogen and oxygen atoms in total. The number of para-hydroxylation sites is 1. The van der Waals surface area contributed by atoms with E-state index in [1.807, 2.05) is 63.2 Å². The minimum Gasteiger partial charge on any atom is -0.351 e. The van der Waals surface area contributed by atoms with Crippen LogP contribution in [0, 0.1) is 13.8 Å². The first kappa shape index (κ1) is 22.3. The Morgan fingerprint density at radius 3 is 2.43 bits per heavy atom. The molecule has 0 aliphatic heterocycles. The zero-order chi connectivity index (χ0) is 20.5. The first-order valence-electron chi connectivity index (χ1n) is 9.37. The summed E-state index contributed by atoms with van der Waals surface area (Å²) in [5, 5.41) is 6.38. The molecule has 28 heavy (non-hydrogen) atoms. The van der Waals surface area contributed by atoms with Crippen LogP contribution in [0.5, 0.6) is 0 Å². The van der Waals surface area contributed by atoms with E-state index in [-0.39, 0.29) is 17.1 Å². The maximum absolute atomic E-state index is 12.2. The van der Waals surface area contributed by atoms with E-state index in [1.54, 1.807) is 11.8 Å². The number of benzene rings is 2. The van der Waals surface area contributed by atoms with Gasteiger partial charge in [-0.25, -0.2) is 0 Å². The predicted molar refractivity (Wildman–Crippen MR) is 119 cm³/mol. The van der Waals surface area contributed by atoms with Crippen molar-refractivity contribution in [2.75, 3.05) is 11.1 Å². The number of halogens is 1. The van der Waals surface area contributed by atoms with Crippen molar-refractivity contribution >= 4 is 40.9 Å². The van der Waals surface area contributed by atoms with Crippen LogP contribution in [0.3, 0.4) is 0 Å². The quantitative estimate of drug-likeness (QED) is 0.556. The van der Waals surface area contributed by atoms with Crippen LogP contribution in [0.4, 0.5) is 5.69 Å². The van der Waals surface area contributed by atoms with Gasteiger partial charge in [-0.2, -0.15) is 0 Å². The van der Waals surface area contributed by atoms with Crippen molar-refractivity contribution in [1.82, 2.24) is 5.32 Å². The zero-order valence-corrected chi connectivity index (χ0v) is 18.1. The first-order chi connectivity index (χ1) is 13.4. The van der Waals surface area contributed by atoms with E-state index in [4.69, 9.17) is 11.6 Å². The van der Waals surface area contributed by atoms with E-state index in [2.05, 4.69) is 10.6 Å². The maximum atomic E-state index is 12.2. The van der Waals surface area contributed by atoms with Crippen molar-refractivity contribution in [3.63, 3.8) is 0 Å². The van der Waals surface area contributed by atoms with E-state index >= 15 is 0 Å². The van der Waals surface area contributed by atoms with Crippen molar-refractivity contribution in [3.8, 4) is 0 Å². The minimum atomic E-state index is -0.177. The average Bonchev–Trinajstić information content (AvgIpc) is 2.67. The third kappa shape index (κ3) is 6.88. The van der Waals surface area contributed by atoms with E-state index in [0.717, 1.165) is 34.6 Å². The van der Waals surface area contributed by atoms with Crippen LogP contribution in [0.2, 0.25) is 5.02 Å². The highest BCUT2D eigenvalue weighted by molar-refractivity contribution is 8.00. The van der Waals surface area contributed by atoms with Crippen LogP contribution in [0.15, 0.2) is 42.5 Å². The zero-order valence-electron chi connectivity index (χ0n) is 16.5. The fourth-order valence-corrected chi connectivity index (χ4v) is 3.85. The highest BCUT2D eigenvalue weighted by Crippen LogP contribution is 2.20. The van der Waals surface area contributed by atoms with Crippen molar-refractivity contribution in [2.24, 2.45) is 0 Å². The number of thioether (sulfide) groups is 1. The lowest BCUT2D eigenvalue weighted by Crippen LogP contribution is -2.30. The van der Waals surface area contributed by atoms with Crippen molar-refractivity contribution in [1.29, 1.82) is 0 Å². The molecule has 1 atom stereocenters. The van der Waals surface area contributed by atoms with Crippen LogP contribution < -0.4 is 10.6 Å². The van der Waals surface area contributed by atoms with Gasteiger partial charge in [0.25, 0.3) is 0 Å². The van der Waals surface area contributed by atoms with E-state index in [0.29, 0.717) is 18.0 Å². The number of carbonyl (C=O) groups excluding carboxylic acids is 2. The molecular weight excluding hydrogens is 392 g/mol. The lowest BCUT2D eigenvalue weighted by molar-refractivity contribution is -0.120. The van der Waals surface area contributed by atoms with Gasteiger partial charge in [-0.15, -0.1) is 11.8 Å². The summed E-state index contributed by atoms with van der Waals surface area (Å²) in [6.45, 7) is 6.27. The molecule has 0 aliphatic rings. The molecule has 6 heteroatoms. The van der Waals surface area contributed by atoms with E-state index in [1.165, 1.54) is 0 Å². The van der Waals surface area contributed by atoms with Crippen molar-refractivity contribution in [3.05, 3.63) is 64.2 Å². The number of rotatable bonds is 9. The molecule has 2 rings (SSSR count). The number of hydrogen-bond acceptors (Lipinski definition) is 3. The van der Waals surface area contributed by atoms with Crippen LogP contribution in [-0.2, 0) is 16.1 Å². The Labute approximate surface area is 176 Å². The molecule has 0 saturated carbocycles. The third-order valence-electron chi connectivity index (χ3n) is 4.44. The predicted octanol–water partition coefficient (Wildman–Crippen LogP) is 5.11. The molecule has 0 fully saturated rings. The number of carbonyl (C=O) groups is 2. The van der Waals surface area contributed by atoms with Crippen molar-refractivity contribution in [2.45, 2.75) is 45.4 Å². The van der Waals surface area contributed by atoms with Gasteiger partial charge in [0.2, 0.25) is 11.8 Å². The van der Waals surface area contributed by atoms with Gasteiger partial charge in [0.15, 0.2) is 0 Å². The summed E-state index contributed by atoms with van der Waals surface area (Å²) in [5.41, 5.74) is 3.92. The van der Waals surface area contributed by atoms with E-state index in [9.17, 15) is 9.59 Å². The molecule has 0 radical (unpaired) electrons. The van der Waals surface area contributed by atoms with Gasteiger partial charge >= 0.3 is 0 Å². The molecule has 2 amide bonds. The number of nitrogens with one attached hydrogen (secondary N) is 2. The third-order valence-corrected chi connectivity index (χ3v) is 6.05. The number of aryl methyl sites for hydroxylation is 2. The highest BCUT2D eigenvalue weighted by Gasteiger charge is 2.14. The molecule has 2 aromatic carbocycles. The van der Waals surface area contributed by atoms with Gasteiger partial charge < -0.3 is 10.6 Å². The highest BCUT2D eigenvalue weighted by atomic mass is 35.5. The lowest BCUT2D eigenvalue weighted by atomic mass is 10.1. The first-order valence-corrected chi connectivity index (χ1v) is 10.8. The topological polar surface area (TPSA) is 58.2 Å². The summed E-state index contributed by atoms with van der Waals surface area (Å²) >= 11 is 7.66. The molecule has 150 valence electrons. The molecule has 2 aromatic rings. The summed E-state index contributed by atoms with van der Waals surface area (Å²) in [5.74, 6) is 0.736. The largest absolute Gasteiger partial charge is 0.351 e. The Bertz CT molecular complexity index is 806. The standard InChI is InChI=1S/C22H27ClN2O2S/c1-15-8-6-9-16(2)21(15)25-20(26)12-7-13-28-17(3)22(27)24-14-18-10-4-5-11-19(18)23/h4-6,8-11,17H,7,12-14H2,1-3H3,(H,24,27)(H,25,26). The van der Waals surface area contributed by atoms with Crippen LogP contribution >= 0.6 is 23.4 Å². The van der Waals surface area contributed by atoms with Crippen molar-refractivity contribution < 1.29 is 9.59 Å². The Balaban J connectivity index is 1.67. The molecule has 0 aliphatic carbocycles. The normalized spacial score (nSPS) is 11.7. The second kappa shape index (κ2) is 11.1. The fraction of sp³-hybridized carbons (Fsp3) is 0.364. The van der Waals surface area contributed by atoms with Crippen LogP contribution in [0.1, 0.15) is 36.5 Å². The monoisotopic (exact) mass is 418 g/mol. The lowest BCUT2D eigenvalue weighted by Gasteiger charge is -2.13. The molecule has 0 spiro atoms. The van der Waals surface area contributed by atoms with Gasteiger partial charge in [-0.05, 0) is 55.7 Å². The van der Waals surface area contributed by atoms with Gasteiger partial charge in [0.1, 0.15) is 0 Å². The smallest absolute Gasteiger partial charge is 0.233 e. The molecular formula is C22H27ClN2O2S. The van der Waals surface area contributed by atoms with Gasteiger partial charge in [-0.1, -0.05) is 48.0 Å². The summed E-state index contributed by atoms with van der Waals surface area (Å²) in [7, 11) is 0. The maximum Gasteiger partial charge on any atom is 0.233 e. The molecule has 0 heterocycles. The molecule has 0 bridgehead atoms. The molecule has 0 aromatic heterocycles. The van der Waals surface area contributed by atoms with E-state index < -0.39 is 0 Å². The van der Waals surface area contributed by atoms with Gasteiger partial charge in [0.05, 0.1) is 5.25 Å². The van der Waals surface area contributed by atoms with Crippen LogP contribution in [0.25, 0.3) is 0 Å². The molecule has 1 unspecified atom stereocenters. The van der Waals surface area contributed by atoms with Gasteiger partial charge in [0, 0.05) is 23.7 Å². The Kier molecular flexibility index (Phi) is 8.87. The summed E-state index contributed by atoms with van der Waals surface area (Å²) < 4.78 is 0. The Morgan fingerprint density at radius 2 is 1.75 bits per heavy atom. The Hall–Kier alpha value is -1.98. The molecule has 2 N–H and O–H groups in total. The number of anilines is 1. The SMILES string of the molecule is Cc1cccc(C)c1NC(=O)CCCSC(C)C(=O)NCc1ccccc1Cl.